The first-order chi connectivity index (χ1) is 23.1. The van der Waals surface area contributed by atoms with Gasteiger partial charge in [0.05, 0.1) is 17.9 Å². The molecule has 48 heavy (non-hydrogen) atoms. The van der Waals surface area contributed by atoms with Crippen LogP contribution in [0.1, 0.15) is 67.8 Å². The Balaban J connectivity index is 0.00000221. The molecule has 2 atom stereocenters. The lowest BCUT2D eigenvalue weighted by Gasteiger charge is -2.27. The highest BCUT2D eigenvalue weighted by molar-refractivity contribution is 7.85. The van der Waals surface area contributed by atoms with E-state index in [0.717, 1.165) is 54.7 Å². The van der Waals surface area contributed by atoms with E-state index in [-0.39, 0.29) is 23.0 Å². The van der Waals surface area contributed by atoms with Gasteiger partial charge < -0.3 is 19.6 Å². The van der Waals surface area contributed by atoms with E-state index in [4.69, 9.17) is 14.9 Å². The van der Waals surface area contributed by atoms with E-state index in [1.165, 1.54) is 18.2 Å². The fourth-order valence-electron chi connectivity index (χ4n) is 6.65. The molecule has 0 saturated heterocycles. The van der Waals surface area contributed by atoms with E-state index in [9.17, 15) is 9.00 Å². The number of fused-ring (bicyclic) bond motifs is 7. The third kappa shape index (κ3) is 7.76. The molecular formula is C38H43F2N3O4S. The Morgan fingerprint density at radius 3 is 2.73 bits per heavy atom. The van der Waals surface area contributed by atoms with Crippen LogP contribution in [-0.4, -0.2) is 49.0 Å². The van der Waals surface area contributed by atoms with Crippen LogP contribution >= 0.6 is 0 Å². The zero-order valence-electron chi connectivity index (χ0n) is 27.9. The molecule has 0 fully saturated rings. The Hall–Kier alpha value is -4.15. The second-order valence-electron chi connectivity index (χ2n) is 13.0. The van der Waals surface area contributed by atoms with E-state index in [1.807, 2.05) is 29.8 Å². The molecule has 254 valence electrons. The molecule has 1 aliphatic rings. The summed E-state index contributed by atoms with van der Waals surface area (Å²) in [5.41, 5.74) is 4.86. The lowest BCUT2D eigenvalue weighted by molar-refractivity contribution is -0.107. The predicted molar refractivity (Wildman–Crippen MR) is 187 cm³/mol. The van der Waals surface area contributed by atoms with Gasteiger partial charge in [-0.2, -0.15) is 5.10 Å². The Labute approximate surface area is 282 Å². The van der Waals surface area contributed by atoms with Crippen LogP contribution in [0.15, 0.2) is 67.0 Å². The van der Waals surface area contributed by atoms with Crippen molar-refractivity contribution in [2.45, 2.75) is 65.3 Å². The number of hydrogen-bond donors (Lipinski definition) is 2. The standard InChI is InChI=1S/C37H39F2N3O3S.CH4O/c1-24-22-41-42-34(26-9-4-7-25(19-26)8-6-17-43)10-5-15-37(2,3)23-46(44)18-14-29-28-13-16-40-33(28)21-32(39)36(29)45-27-11-12-31(38)30(20-27)35(24)42;1-2/h4,7,9,11-13,16-17,19-22,34,40H,5-6,8,10,14-15,18,23H2,1-3H3;2H,1H3. The Bertz CT molecular complexity index is 1920. The molecule has 10 heteroatoms. The van der Waals surface area contributed by atoms with Crippen LogP contribution < -0.4 is 4.74 Å². The summed E-state index contributed by atoms with van der Waals surface area (Å²) >= 11 is 0. The van der Waals surface area contributed by atoms with Gasteiger partial charge in [-0.15, -0.1) is 0 Å². The van der Waals surface area contributed by atoms with Crippen molar-refractivity contribution < 1.29 is 27.6 Å². The zero-order chi connectivity index (χ0) is 34.4. The van der Waals surface area contributed by atoms with E-state index < -0.39 is 22.4 Å². The van der Waals surface area contributed by atoms with Gasteiger partial charge >= 0.3 is 0 Å². The minimum atomic E-state index is -1.15. The summed E-state index contributed by atoms with van der Waals surface area (Å²) in [7, 11) is -0.150. The maximum atomic E-state index is 15.8. The molecule has 5 aromatic rings. The molecule has 2 bridgehead atoms. The van der Waals surface area contributed by atoms with Gasteiger partial charge in [0.1, 0.15) is 17.9 Å². The van der Waals surface area contributed by atoms with Crippen molar-refractivity contribution in [1.29, 1.82) is 0 Å². The number of aromatic amines is 1. The number of nitrogens with zero attached hydrogens (tertiary/aromatic N) is 2. The molecule has 2 aromatic heterocycles. The number of rotatable bonds is 4. The van der Waals surface area contributed by atoms with Crippen molar-refractivity contribution in [1.82, 2.24) is 14.8 Å². The number of H-pyrrole nitrogens is 1. The third-order valence-corrected chi connectivity index (χ3v) is 10.7. The second kappa shape index (κ2) is 15.4. The number of ether oxygens (including phenoxy) is 1. The number of nitrogens with one attached hydrogen (secondary N) is 1. The minimum absolute atomic E-state index is 0.0560. The molecule has 3 aromatic carbocycles. The second-order valence-corrected chi connectivity index (χ2v) is 14.6. The molecule has 2 N–H and O–H groups in total. The maximum absolute atomic E-state index is 15.8. The van der Waals surface area contributed by atoms with E-state index in [1.54, 1.807) is 18.5 Å². The highest BCUT2D eigenvalue weighted by Gasteiger charge is 2.27. The molecule has 6 rings (SSSR count). The van der Waals surface area contributed by atoms with Crippen LogP contribution in [0.2, 0.25) is 0 Å². The summed E-state index contributed by atoms with van der Waals surface area (Å²) in [5, 5.41) is 12.6. The quantitative estimate of drug-likeness (QED) is 0.187. The van der Waals surface area contributed by atoms with Gasteiger partial charge in [-0.05, 0) is 79.0 Å². The molecule has 1 aliphatic heterocycles. The highest BCUT2D eigenvalue weighted by atomic mass is 32.2. The number of benzene rings is 3. The summed E-state index contributed by atoms with van der Waals surface area (Å²) in [6.45, 7) is 6.18. The average Bonchev–Trinajstić information content (AvgIpc) is 3.69. The van der Waals surface area contributed by atoms with E-state index >= 15 is 8.78 Å². The van der Waals surface area contributed by atoms with E-state index in [0.29, 0.717) is 53.1 Å². The fraction of sp³-hybridized carbons (Fsp3) is 0.368. The van der Waals surface area contributed by atoms with Crippen LogP contribution in [0.3, 0.4) is 0 Å². The Morgan fingerprint density at radius 1 is 1.12 bits per heavy atom. The van der Waals surface area contributed by atoms with E-state index in [2.05, 4.69) is 31.0 Å². The van der Waals surface area contributed by atoms with Crippen molar-refractivity contribution in [2.24, 2.45) is 5.41 Å². The highest BCUT2D eigenvalue weighted by Crippen LogP contribution is 2.40. The first-order valence-corrected chi connectivity index (χ1v) is 17.7. The van der Waals surface area contributed by atoms with Crippen molar-refractivity contribution in [3.63, 3.8) is 0 Å². The first-order valence-electron chi connectivity index (χ1n) is 16.3. The summed E-state index contributed by atoms with van der Waals surface area (Å²) in [4.78, 5) is 14.2. The summed E-state index contributed by atoms with van der Waals surface area (Å²) in [6.07, 6.45) is 8.23. The fourth-order valence-corrected chi connectivity index (χ4v) is 8.24. The van der Waals surface area contributed by atoms with Gasteiger partial charge in [0, 0.05) is 70.1 Å². The number of aldehydes is 1. The predicted octanol–water partition coefficient (Wildman–Crippen LogP) is 8.24. The number of hydrogen-bond acceptors (Lipinski definition) is 5. The number of aryl methyl sites for hydroxylation is 3. The van der Waals surface area contributed by atoms with Gasteiger partial charge in [0.15, 0.2) is 11.6 Å². The Morgan fingerprint density at radius 2 is 1.94 bits per heavy atom. The smallest absolute Gasteiger partial charge is 0.168 e. The molecule has 0 saturated carbocycles. The Kier molecular flexibility index (Phi) is 11.3. The monoisotopic (exact) mass is 675 g/mol. The third-order valence-electron chi connectivity index (χ3n) is 8.90. The minimum Gasteiger partial charge on any atom is -0.454 e. The average molecular weight is 676 g/mol. The lowest BCUT2D eigenvalue weighted by Crippen LogP contribution is -2.23. The number of aromatic nitrogens is 3. The topological polar surface area (TPSA) is 97.2 Å². The maximum Gasteiger partial charge on any atom is 0.168 e. The molecule has 0 spiro atoms. The van der Waals surface area contributed by atoms with Crippen molar-refractivity contribution in [3.05, 3.63) is 101 Å². The van der Waals surface area contributed by atoms with Crippen LogP contribution in [0.5, 0.6) is 11.5 Å². The molecule has 0 radical (unpaired) electrons. The number of aliphatic hydroxyl groups excluding tert-OH is 1. The van der Waals surface area contributed by atoms with Crippen molar-refractivity contribution in [2.75, 3.05) is 18.6 Å². The van der Waals surface area contributed by atoms with Crippen LogP contribution in [0.4, 0.5) is 8.78 Å². The summed E-state index contributed by atoms with van der Waals surface area (Å²) in [6, 6.07) is 15.7. The van der Waals surface area contributed by atoms with Gasteiger partial charge in [-0.3, -0.25) is 8.89 Å². The van der Waals surface area contributed by atoms with Gasteiger partial charge in [-0.25, -0.2) is 8.78 Å². The first kappa shape index (κ1) is 35.2. The molecule has 7 nitrogen and oxygen atoms in total. The summed E-state index contributed by atoms with van der Waals surface area (Å²) < 4.78 is 53.0. The largest absolute Gasteiger partial charge is 0.454 e. The lowest BCUT2D eigenvalue weighted by atomic mass is 9.87. The van der Waals surface area contributed by atoms with Crippen LogP contribution in [0, 0.1) is 24.0 Å². The van der Waals surface area contributed by atoms with Gasteiger partial charge in [-0.1, -0.05) is 44.5 Å². The van der Waals surface area contributed by atoms with Gasteiger partial charge in [0.25, 0.3) is 0 Å². The summed E-state index contributed by atoms with van der Waals surface area (Å²) in [5.74, 6) is 0.238. The molecule has 3 heterocycles. The number of carbonyl (C=O) groups excluding carboxylic acids is 1. The zero-order valence-corrected chi connectivity index (χ0v) is 28.7. The number of aliphatic hydroxyl groups is 1. The molecule has 0 amide bonds. The molecule has 2 unspecified atom stereocenters. The van der Waals surface area contributed by atoms with Crippen molar-refractivity contribution >= 4 is 28.0 Å². The van der Waals surface area contributed by atoms with Crippen molar-refractivity contribution in [3.8, 4) is 22.8 Å². The normalized spacial score (nSPS) is 18.1. The van der Waals surface area contributed by atoms with Gasteiger partial charge in [0.2, 0.25) is 0 Å². The van der Waals surface area contributed by atoms with Crippen LogP contribution in [-0.2, 0) is 28.4 Å². The van der Waals surface area contributed by atoms with Crippen LogP contribution in [0.25, 0.3) is 22.2 Å². The SMILES string of the molecule is CO.Cc1cnn2c1-c1cc(ccc1F)Oc1c(F)cc3[nH]ccc3c1CCS(=O)CC(C)(C)CCCC2c1cccc(CCC=O)c1. The molecular weight excluding hydrogens is 632 g/mol. The number of halogens is 2. The number of carbonyl (C=O) groups is 1. The molecule has 0 aliphatic carbocycles.